The molecule has 1 aromatic carbocycles. The van der Waals surface area contributed by atoms with E-state index in [2.05, 4.69) is 30.6 Å². The zero-order valence-electron chi connectivity index (χ0n) is 18.5. The Kier molecular flexibility index (Phi) is 5.63. The van der Waals surface area contributed by atoms with Gasteiger partial charge < -0.3 is 10.4 Å². The molecule has 9 heteroatoms. The maximum Gasteiger partial charge on any atom is 0.251 e. The van der Waals surface area contributed by atoms with Gasteiger partial charge in [0, 0.05) is 41.0 Å². The zero-order chi connectivity index (χ0) is 22.8. The Morgan fingerprint density at radius 2 is 2.24 bits per heavy atom. The average Bonchev–Trinajstić information content (AvgIpc) is 3.47. The predicted octanol–water partition coefficient (Wildman–Crippen LogP) is 3.02. The van der Waals surface area contributed by atoms with E-state index in [1.165, 1.54) is 6.33 Å². The van der Waals surface area contributed by atoms with Crippen molar-refractivity contribution in [1.82, 2.24) is 35.3 Å². The number of aromatic amines is 1. The highest BCUT2D eigenvalue weighted by molar-refractivity contribution is 6.01. The average molecular weight is 446 g/mol. The molecule has 5 rings (SSSR count). The van der Waals surface area contributed by atoms with Crippen molar-refractivity contribution in [2.75, 3.05) is 0 Å². The summed E-state index contributed by atoms with van der Waals surface area (Å²) < 4.78 is 1.72. The highest BCUT2D eigenvalue weighted by Crippen LogP contribution is 2.32. The second-order valence-electron chi connectivity index (χ2n) is 8.92. The monoisotopic (exact) mass is 445 g/mol. The molecule has 170 valence electrons. The Morgan fingerprint density at radius 1 is 1.33 bits per heavy atom. The van der Waals surface area contributed by atoms with Crippen molar-refractivity contribution in [3.8, 4) is 11.3 Å². The first-order chi connectivity index (χ1) is 16.0. The minimum Gasteiger partial charge on any atom is -0.390 e. The molecule has 4 aromatic rings. The van der Waals surface area contributed by atoms with Gasteiger partial charge in [0.15, 0.2) is 0 Å². The number of aryl methyl sites for hydroxylation is 2. The number of nitrogens with one attached hydrogen (secondary N) is 2. The van der Waals surface area contributed by atoms with Crippen molar-refractivity contribution >= 4 is 16.8 Å². The maximum absolute atomic E-state index is 13.1. The molecule has 1 fully saturated rings. The van der Waals surface area contributed by atoms with Gasteiger partial charge in [0.05, 0.1) is 11.1 Å². The van der Waals surface area contributed by atoms with Crippen molar-refractivity contribution in [2.45, 2.75) is 57.2 Å². The second kappa shape index (κ2) is 8.74. The number of hydrogen-bond donors (Lipinski definition) is 3. The Hall–Kier alpha value is -3.59. The van der Waals surface area contributed by atoms with E-state index in [1.54, 1.807) is 23.3 Å². The fraction of sp³-hybridized carbons (Fsp3) is 0.375. The number of fused-ring (bicyclic) bond motifs is 1. The van der Waals surface area contributed by atoms with Crippen LogP contribution in [0.25, 0.3) is 22.2 Å². The van der Waals surface area contributed by atoms with E-state index in [1.807, 2.05) is 31.2 Å². The van der Waals surface area contributed by atoms with E-state index in [-0.39, 0.29) is 11.9 Å². The van der Waals surface area contributed by atoms with Crippen LogP contribution in [0.3, 0.4) is 0 Å². The van der Waals surface area contributed by atoms with Gasteiger partial charge in [-0.1, -0.05) is 0 Å². The van der Waals surface area contributed by atoms with Gasteiger partial charge in [0.2, 0.25) is 0 Å². The molecular formula is C24H27N7O2. The summed E-state index contributed by atoms with van der Waals surface area (Å²) in [5.41, 5.74) is 3.29. The molecule has 33 heavy (non-hydrogen) atoms. The number of aromatic nitrogens is 6. The molecule has 3 heterocycles. The molecule has 0 spiro atoms. The molecular weight excluding hydrogens is 418 g/mol. The third-order valence-corrected chi connectivity index (χ3v) is 6.42. The van der Waals surface area contributed by atoms with Crippen LogP contribution in [0.4, 0.5) is 0 Å². The lowest BCUT2D eigenvalue weighted by Gasteiger charge is -2.37. The van der Waals surface area contributed by atoms with E-state index >= 15 is 0 Å². The quantitative estimate of drug-likeness (QED) is 0.419. The minimum atomic E-state index is -0.816. The largest absolute Gasteiger partial charge is 0.390 e. The van der Waals surface area contributed by atoms with Gasteiger partial charge in [-0.05, 0) is 69.4 Å². The van der Waals surface area contributed by atoms with Gasteiger partial charge in [-0.15, -0.1) is 0 Å². The zero-order valence-corrected chi connectivity index (χ0v) is 18.5. The number of H-pyrrole nitrogens is 1. The first-order valence-electron chi connectivity index (χ1n) is 11.3. The number of pyridine rings is 1. The van der Waals surface area contributed by atoms with Gasteiger partial charge in [-0.25, -0.2) is 4.98 Å². The third-order valence-electron chi connectivity index (χ3n) is 6.42. The summed E-state index contributed by atoms with van der Waals surface area (Å²) in [7, 11) is 0. The molecule has 0 bridgehead atoms. The molecule has 1 aliphatic rings. The summed E-state index contributed by atoms with van der Waals surface area (Å²) in [6.45, 7) is 2.54. The highest BCUT2D eigenvalue weighted by Gasteiger charge is 2.35. The first-order valence-corrected chi connectivity index (χ1v) is 11.3. The normalized spacial score (nSPS) is 20.7. The van der Waals surface area contributed by atoms with Gasteiger partial charge >= 0.3 is 0 Å². The molecule has 9 nitrogen and oxygen atoms in total. The number of carbonyl (C=O) groups is 1. The summed E-state index contributed by atoms with van der Waals surface area (Å²) >= 11 is 0. The van der Waals surface area contributed by atoms with E-state index in [0.29, 0.717) is 24.9 Å². The van der Waals surface area contributed by atoms with E-state index < -0.39 is 5.60 Å². The molecule has 0 saturated heterocycles. The van der Waals surface area contributed by atoms with Crippen LogP contribution in [-0.4, -0.2) is 52.6 Å². The fourth-order valence-corrected chi connectivity index (χ4v) is 4.70. The molecule has 3 aromatic heterocycles. The first kappa shape index (κ1) is 21.3. The molecule has 1 aliphatic carbocycles. The van der Waals surface area contributed by atoms with E-state index in [9.17, 15) is 9.90 Å². The van der Waals surface area contributed by atoms with Crippen molar-refractivity contribution < 1.29 is 9.90 Å². The Labute approximate surface area is 191 Å². The number of rotatable bonds is 6. The van der Waals surface area contributed by atoms with Crippen molar-refractivity contribution in [3.63, 3.8) is 0 Å². The lowest BCUT2D eigenvalue weighted by Crippen LogP contribution is -2.46. The summed E-state index contributed by atoms with van der Waals surface area (Å²) in [6.07, 6.45) is 8.46. The van der Waals surface area contributed by atoms with Crippen LogP contribution in [0, 0.1) is 6.92 Å². The lowest BCUT2D eigenvalue weighted by molar-refractivity contribution is -0.0178. The maximum atomic E-state index is 13.1. The van der Waals surface area contributed by atoms with Crippen LogP contribution in [0.15, 0.2) is 49.2 Å². The van der Waals surface area contributed by atoms with Gasteiger partial charge in [-0.3, -0.25) is 19.6 Å². The number of amides is 1. The summed E-state index contributed by atoms with van der Waals surface area (Å²) in [4.78, 5) is 21.3. The van der Waals surface area contributed by atoms with Crippen molar-refractivity contribution in [3.05, 3.63) is 60.4 Å². The number of benzene rings is 1. The van der Waals surface area contributed by atoms with E-state index in [4.69, 9.17) is 0 Å². The SMILES string of the molecule is Cc1cc(-c2n[nH]c3ccc(C(=O)NC4CCCC(O)(CCn5cncn5)C4)cc23)ccn1. The highest BCUT2D eigenvalue weighted by atomic mass is 16.3. The number of nitrogens with zero attached hydrogens (tertiary/aromatic N) is 5. The van der Waals surface area contributed by atoms with Crippen LogP contribution in [-0.2, 0) is 6.54 Å². The van der Waals surface area contributed by atoms with Gasteiger partial charge in [-0.2, -0.15) is 10.2 Å². The Morgan fingerprint density at radius 3 is 3.06 bits per heavy atom. The fourth-order valence-electron chi connectivity index (χ4n) is 4.70. The molecule has 1 amide bonds. The number of carbonyl (C=O) groups excluding carboxylic acids is 1. The molecule has 2 unspecified atom stereocenters. The molecule has 3 N–H and O–H groups in total. The molecule has 2 atom stereocenters. The number of aliphatic hydroxyl groups is 1. The van der Waals surface area contributed by atoms with Gasteiger partial charge in [0.1, 0.15) is 18.3 Å². The predicted molar refractivity (Wildman–Crippen MR) is 123 cm³/mol. The summed E-state index contributed by atoms with van der Waals surface area (Å²) in [5.74, 6) is -0.138. The standard InChI is InChI=1S/C24H27N7O2/c1-16-11-17(6-9-26-16)22-20-12-18(4-5-21(20)29-30-22)23(32)28-19-3-2-7-24(33,13-19)8-10-31-15-25-14-27-31/h4-6,9,11-12,14-15,19,33H,2-3,7-8,10,13H2,1H3,(H,28,32)(H,29,30). The van der Waals surface area contributed by atoms with Crippen LogP contribution in [0.2, 0.25) is 0 Å². The van der Waals surface area contributed by atoms with Crippen molar-refractivity contribution in [1.29, 1.82) is 0 Å². The van der Waals surface area contributed by atoms with E-state index in [0.717, 1.165) is 47.1 Å². The topological polar surface area (TPSA) is 122 Å². The van der Waals surface area contributed by atoms with Crippen LogP contribution in [0.5, 0.6) is 0 Å². The Balaban J connectivity index is 1.30. The molecule has 1 saturated carbocycles. The minimum absolute atomic E-state index is 0.0747. The molecule has 0 aliphatic heterocycles. The van der Waals surface area contributed by atoms with Crippen LogP contribution in [0.1, 0.15) is 48.2 Å². The van der Waals surface area contributed by atoms with Crippen LogP contribution >= 0.6 is 0 Å². The van der Waals surface area contributed by atoms with Crippen LogP contribution < -0.4 is 5.32 Å². The summed E-state index contributed by atoms with van der Waals surface area (Å²) in [6, 6.07) is 9.37. The smallest absolute Gasteiger partial charge is 0.251 e. The second-order valence-corrected chi connectivity index (χ2v) is 8.92. The lowest BCUT2D eigenvalue weighted by atomic mass is 9.79. The van der Waals surface area contributed by atoms with Crippen molar-refractivity contribution in [2.24, 2.45) is 0 Å². The Bertz CT molecular complexity index is 1270. The van der Waals surface area contributed by atoms with Gasteiger partial charge in [0.25, 0.3) is 5.91 Å². The summed E-state index contributed by atoms with van der Waals surface area (Å²) in [5, 5.41) is 26.7. The third kappa shape index (κ3) is 4.63. The number of hydrogen-bond acceptors (Lipinski definition) is 6. The molecule has 0 radical (unpaired) electrons.